The van der Waals surface area contributed by atoms with E-state index in [0.717, 1.165) is 0 Å². The number of carboxylic acids is 1. The minimum absolute atomic E-state index is 0.356. The molecule has 4 N–H and O–H groups in total. The topological polar surface area (TPSA) is 92.4 Å². The van der Waals surface area contributed by atoms with E-state index in [0.29, 0.717) is 12.1 Å². The van der Waals surface area contributed by atoms with Gasteiger partial charge < -0.3 is 16.2 Å². The predicted molar refractivity (Wildman–Crippen MR) is 46.5 cm³/mol. The third-order valence-electron chi connectivity index (χ3n) is 1.55. The van der Waals surface area contributed by atoms with Gasteiger partial charge in [-0.05, 0) is 6.07 Å². The number of nitrogens with one attached hydrogen (secondary N) is 1. The molecule has 0 radical (unpaired) electrons. The zero-order valence-electron chi connectivity index (χ0n) is 7.25. The number of benzene rings is 1. The van der Waals surface area contributed by atoms with Crippen molar-refractivity contribution < 1.29 is 23.5 Å². The van der Waals surface area contributed by atoms with Crippen LogP contribution in [0.2, 0.25) is 0 Å². The molecular formula is C8H6F2N2O3. The SMILES string of the molecule is NC(=O)Nc1cc(C(=O)O)c(F)cc1F. The Morgan fingerprint density at radius 2 is 1.87 bits per heavy atom. The molecule has 1 aromatic rings. The van der Waals surface area contributed by atoms with Crippen LogP contribution in [0.25, 0.3) is 0 Å². The van der Waals surface area contributed by atoms with Crippen LogP contribution < -0.4 is 11.1 Å². The van der Waals surface area contributed by atoms with Gasteiger partial charge in [0.05, 0.1) is 11.3 Å². The Labute approximate surface area is 82.5 Å². The second-order valence-electron chi connectivity index (χ2n) is 2.61. The van der Waals surface area contributed by atoms with E-state index in [1.165, 1.54) is 0 Å². The first kappa shape index (κ1) is 10.9. The molecule has 0 saturated heterocycles. The zero-order chi connectivity index (χ0) is 11.6. The molecule has 7 heteroatoms. The first-order valence-corrected chi connectivity index (χ1v) is 3.70. The van der Waals surface area contributed by atoms with E-state index in [2.05, 4.69) is 0 Å². The highest BCUT2D eigenvalue weighted by atomic mass is 19.1. The van der Waals surface area contributed by atoms with Crippen molar-refractivity contribution in [2.75, 3.05) is 5.32 Å². The normalized spacial score (nSPS) is 9.73. The summed E-state index contributed by atoms with van der Waals surface area (Å²) < 4.78 is 25.8. The Morgan fingerprint density at radius 3 is 2.33 bits per heavy atom. The van der Waals surface area contributed by atoms with E-state index in [4.69, 9.17) is 10.8 Å². The summed E-state index contributed by atoms with van der Waals surface area (Å²) in [6, 6.07) is -0.0659. The second kappa shape index (κ2) is 3.91. The van der Waals surface area contributed by atoms with Crippen molar-refractivity contribution in [2.24, 2.45) is 5.73 Å². The number of aromatic carboxylic acids is 1. The van der Waals surface area contributed by atoms with Crippen LogP contribution in [0.15, 0.2) is 12.1 Å². The van der Waals surface area contributed by atoms with Gasteiger partial charge in [0.15, 0.2) is 0 Å². The van der Waals surface area contributed by atoms with E-state index in [-0.39, 0.29) is 0 Å². The van der Waals surface area contributed by atoms with Crippen molar-refractivity contribution in [3.05, 3.63) is 29.3 Å². The fourth-order valence-electron chi connectivity index (χ4n) is 0.941. The maximum Gasteiger partial charge on any atom is 0.338 e. The number of hydrogen-bond acceptors (Lipinski definition) is 2. The van der Waals surface area contributed by atoms with Crippen molar-refractivity contribution in [3.63, 3.8) is 0 Å². The first-order chi connectivity index (χ1) is 6.91. The zero-order valence-corrected chi connectivity index (χ0v) is 7.25. The van der Waals surface area contributed by atoms with Crippen molar-refractivity contribution in [2.45, 2.75) is 0 Å². The number of rotatable bonds is 2. The number of hydrogen-bond donors (Lipinski definition) is 3. The third kappa shape index (κ3) is 2.39. The van der Waals surface area contributed by atoms with Crippen molar-refractivity contribution >= 4 is 17.7 Å². The molecule has 1 rings (SSSR count). The number of halogens is 2. The van der Waals surface area contributed by atoms with Crippen LogP contribution in [-0.4, -0.2) is 17.1 Å². The average Bonchev–Trinajstić information content (AvgIpc) is 2.08. The molecule has 0 aliphatic heterocycles. The summed E-state index contributed by atoms with van der Waals surface area (Å²) in [6.45, 7) is 0. The fraction of sp³-hybridized carbons (Fsp3) is 0. The molecule has 0 heterocycles. The lowest BCUT2D eigenvalue weighted by molar-refractivity contribution is 0.0692. The Morgan fingerprint density at radius 1 is 1.27 bits per heavy atom. The summed E-state index contributed by atoms with van der Waals surface area (Å²) in [5.74, 6) is -3.90. The number of primary amides is 1. The molecule has 80 valence electrons. The third-order valence-corrected chi connectivity index (χ3v) is 1.55. The molecule has 5 nitrogen and oxygen atoms in total. The number of carbonyl (C=O) groups is 2. The lowest BCUT2D eigenvalue weighted by atomic mass is 10.2. The first-order valence-electron chi connectivity index (χ1n) is 3.70. The molecule has 0 atom stereocenters. The molecule has 2 amide bonds. The van der Waals surface area contributed by atoms with Crippen LogP contribution in [0, 0.1) is 11.6 Å². The van der Waals surface area contributed by atoms with Gasteiger partial charge >= 0.3 is 12.0 Å². The molecule has 0 fully saturated rings. The van der Waals surface area contributed by atoms with Gasteiger partial charge in [-0.2, -0.15) is 0 Å². The number of anilines is 1. The molecule has 0 unspecified atom stereocenters. The minimum Gasteiger partial charge on any atom is -0.478 e. The van der Waals surface area contributed by atoms with Crippen molar-refractivity contribution in [3.8, 4) is 0 Å². The van der Waals surface area contributed by atoms with Crippen LogP contribution in [0.1, 0.15) is 10.4 Å². The predicted octanol–water partition coefficient (Wildman–Crippen LogP) is 1.15. The van der Waals surface area contributed by atoms with Gasteiger partial charge in [-0.3, -0.25) is 0 Å². The summed E-state index contributed by atoms with van der Waals surface area (Å²) in [7, 11) is 0. The van der Waals surface area contributed by atoms with E-state index in [1.54, 1.807) is 0 Å². The summed E-state index contributed by atoms with van der Waals surface area (Å²) in [5.41, 5.74) is 3.46. The van der Waals surface area contributed by atoms with E-state index in [1.807, 2.05) is 5.32 Å². The van der Waals surface area contributed by atoms with Crippen LogP contribution in [0.5, 0.6) is 0 Å². The largest absolute Gasteiger partial charge is 0.478 e. The summed E-state index contributed by atoms with van der Waals surface area (Å²) >= 11 is 0. The van der Waals surface area contributed by atoms with Crippen molar-refractivity contribution in [1.82, 2.24) is 0 Å². The van der Waals surface area contributed by atoms with Crippen LogP contribution in [-0.2, 0) is 0 Å². The highest BCUT2D eigenvalue weighted by Crippen LogP contribution is 2.19. The number of nitrogens with two attached hydrogens (primary N) is 1. The monoisotopic (exact) mass is 216 g/mol. The molecule has 15 heavy (non-hydrogen) atoms. The maximum atomic E-state index is 13.0. The van der Waals surface area contributed by atoms with Crippen LogP contribution in [0.3, 0.4) is 0 Å². The number of carboxylic acid groups (broad SMARTS) is 1. The quantitative estimate of drug-likeness (QED) is 0.692. The molecule has 0 bridgehead atoms. The smallest absolute Gasteiger partial charge is 0.338 e. The minimum atomic E-state index is -1.57. The number of urea groups is 1. The highest BCUT2D eigenvalue weighted by molar-refractivity contribution is 5.92. The fourth-order valence-corrected chi connectivity index (χ4v) is 0.941. The summed E-state index contributed by atoms with van der Waals surface area (Å²) in [4.78, 5) is 20.9. The average molecular weight is 216 g/mol. The van der Waals surface area contributed by atoms with E-state index in [9.17, 15) is 18.4 Å². The summed E-state index contributed by atoms with van der Waals surface area (Å²) in [6.07, 6.45) is 0. The molecular weight excluding hydrogens is 210 g/mol. The molecule has 0 aliphatic carbocycles. The van der Waals surface area contributed by atoms with E-state index >= 15 is 0 Å². The maximum absolute atomic E-state index is 13.0. The number of carbonyl (C=O) groups excluding carboxylic acids is 1. The Balaban J connectivity index is 3.23. The van der Waals surface area contributed by atoms with Gasteiger partial charge in [-0.15, -0.1) is 0 Å². The van der Waals surface area contributed by atoms with Gasteiger partial charge in [-0.1, -0.05) is 0 Å². The molecule has 0 saturated carbocycles. The van der Waals surface area contributed by atoms with Gasteiger partial charge in [0.1, 0.15) is 11.6 Å². The second-order valence-corrected chi connectivity index (χ2v) is 2.61. The standard InChI is InChI=1S/C8H6F2N2O3/c9-4-2-5(10)6(12-8(11)15)1-3(4)7(13)14/h1-2H,(H,13,14)(H3,11,12,15). The van der Waals surface area contributed by atoms with Crippen LogP contribution >= 0.6 is 0 Å². The molecule has 1 aromatic carbocycles. The summed E-state index contributed by atoms with van der Waals surface area (Å²) in [5, 5.41) is 10.3. The Hall–Kier alpha value is -2.18. The van der Waals surface area contributed by atoms with Crippen molar-refractivity contribution in [1.29, 1.82) is 0 Å². The lowest BCUT2D eigenvalue weighted by Gasteiger charge is -2.05. The molecule has 0 aromatic heterocycles. The molecule has 0 spiro atoms. The van der Waals surface area contributed by atoms with Crippen LogP contribution in [0.4, 0.5) is 19.3 Å². The van der Waals surface area contributed by atoms with Gasteiger partial charge in [0.25, 0.3) is 0 Å². The highest BCUT2D eigenvalue weighted by Gasteiger charge is 2.15. The lowest BCUT2D eigenvalue weighted by Crippen LogP contribution is -2.20. The van der Waals surface area contributed by atoms with Gasteiger partial charge in [-0.25, -0.2) is 18.4 Å². The Bertz CT molecular complexity index is 434. The number of amides is 2. The molecule has 0 aliphatic rings. The van der Waals surface area contributed by atoms with Gasteiger partial charge in [0, 0.05) is 6.07 Å². The van der Waals surface area contributed by atoms with E-state index < -0.39 is 34.9 Å². The van der Waals surface area contributed by atoms with Gasteiger partial charge in [0.2, 0.25) is 0 Å². The Kier molecular flexibility index (Phi) is 2.84.